The van der Waals surface area contributed by atoms with Crippen molar-refractivity contribution in [3.63, 3.8) is 0 Å². The Bertz CT molecular complexity index is 548. The summed E-state index contributed by atoms with van der Waals surface area (Å²) in [5, 5.41) is 3.66. The van der Waals surface area contributed by atoms with Crippen molar-refractivity contribution in [2.45, 2.75) is 19.9 Å². The second-order valence-electron chi connectivity index (χ2n) is 4.21. The Morgan fingerprint density at radius 1 is 1.47 bits per heavy atom. The maximum absolute atomic E-state index is 11.6. The van der Waals surface area contributed by atoms with Gasteiger partial charge in [0.25, 0.3) is 0 Å². The van der Waals surface area contributed by atoms with E-state index in [1.807, 2.05) is 6.92 Å². The van der Waals surface area contributed by atoms with E-state index in [0.717, 1.165) is 4.47 Å². The van der Waals surface area contributed by atoms with Crippen LogP contribution in [-0.4, -0.2) is 33.1 Å². The Morgan fingerprint density at radius 2 is 2.11 bits per heavy atom. The first-order valence-corrected chi connectivity index (χ1v) is 8.78. The highest BCUT2D eigenvalue weighted by Gasteiger charge is 2.16. The number of nitrogens with one attached hydrogen (secondary N) is 1. The van der Waals surface area contributed by atoms with Crippen molar-refractivity contribution in [1.82, 2.24) is 0 Å². The molecule has 0 amide bonds. The first kappa shape index (κ1) is 16.6. The Kier molecular flexibility index (Phi) is 5.95. The number of hydrogen-bond donors (Lipinski definition) is 1. The zero-order valence-electron chi connectivity index (χ0n) is 11.0. The van der Waals surface area contributed by atoms with E-state index in [0.29, 0.717) is 16.5 Å². The van der Waals surface area contributed by atoms with E-state index < -0.39 is 9.84 Å². The monoisotopic (exact) mass is 369 g/mol. The minimum absolute atomic E-state index is 0.0663. The summed E-state index contributed by atoms with van der Waals surface area (Å²) in [6.07, 6.45) is 0. The van der Waals surface area contributed by atoms with Crippen LogP contribution in [0.3, 0.4) is 0 Å². The number of methoxy groups -OCH3 is 1. The van der Waals surface area contributed by atoms with Gasteiger partial charge in [-0.05, 0) is 35.0 Å². The summed E-state index contributed by atoms with van der Waals surface area (Å²) in [5.74, 6) is 0.803. The second kappa shape index (κ2) is 6.81. The van der Waals surface area contributed by atoms with Gasteiger partial charge in [-0.1, -0.05) is 18.5 Å². The van der Waals surface area contributed by atoms with Gasteiger partial charge in [0, 0.05) is 16.8 Å². The van der Waals surface area contributed by atoms with Crippen LogP contribution < -0.4 is 10.1 Å². The molecule has 0 aliphatic rings. The van der Waals surface area contributed by atoms with Gasteiger partial charge in [-0.2, -0.15) is 0 Å². The van der Waals surface area contributed by atoms with Crippen LogP contribution in [0.15, 0.2) is 16.6 Å². The first-order valence-electron chi connectivity index (χ1n) is 5.79. The molecule has 0 heterocycles. The van der Waals surface area contributed by atoms with Gasteiger partial charge >= 0.3 is 0 Å². The molecular weight excluding hydrogens is 354 g/mol. The van der Waals surface area contributed by atoms with Crippen molar-refractivity contribution < 1.29 is 13.2 Å². The normalized spacial score (nSPS) is 13.1. The molecule has 0 aliphatic heterocycles. The van der Waals surface area contributed by atoms with Crippen molar-refractivity contribution >= 4 is 43.1 Å². The van der Waals surface area contributed by atoms with E-state index in [1.54, 1.807) is 26.2 Å². The minimum atomic E-state index is -3.03. The van der Waals surface area contributed by atoms with Gasteiger partial charge in [-0.25, -0.2) is 8.42 Å². The fourth-order valence-electron chi connectivity index (χ4n) is 1.68. The van der Waals surface area contributed by atoms with E-state index in [9.17, 15) is 8.42 Å². The van der Waals surface area contributed by atoms with E-state index in [1.165, 1.54) is 0 Å². The predicted octanol–water partition coefficient (Wildman–Crippen LogP) is 3.35. The molecule has 1 unspecified atom stereocenters. The highest BCUT2D eigenvalue weighted by Crippen LogP contribution is 2.36. The molecular formula is C12H17BrClNO3S. The molecule has 0 aliphatic carbocycles. The number of benzene rings is 1. The average molecular weight is 371 g/mol. The molecule has 4 nitrogen and oxygen atoms in total. The van der Waals surface area contributed by atoms with Crippen molar-refractivity contribution in [2.75, 3.05) is 23.9 Å². The van der Waals surface area contributed by atoms with E-state index in [4.69, 9.17) is 16.3 Å². The third-order valence-electron chi connectivity index (χ3n) is 2.56. The lowest BCUT2D eigenvalue weighted by atomic mass is 10.2. The molecule has 0 bridgehead atoms. The summed E-state index contributed by atoms with van der Waals surface area (Å²) < 4.78 is 29.2. The van der Waals surface area contributed by atoms with Crippen LogP contribution >= 0.6 is 27.5 Å². The van der Waals surface area contributed by atoms with Crippen LogP contribution in [0.4, 0.5) is 5.69 Å². The molecule has 0 radical (unpaired) electrons. The van der Waals surface area contributed by atoms with Crippen molar-refractivity contribution in [3.05, 3.63) is 21.6 Å². The molecule has 0 spiro atoms. The van der Waals surface area contributed by atoms with Crippen LogP contribution in [0.2, 0.25) is 5.02 Å². The molecule has 1 rings (SSSR count). The first-order chi connectivity index (χ1) is 8.79. The quantitative estimate of drug-likeness (QED) is 0.834. The molecule has 0 saturated carbocycles. The van der Waals surface area contributed by atoms with Gasteiger partial charge in [0.05, 0.1) is 23.0 Å². The summed E-state index contributed by atoms with van der Waals surface area (Å²) in [5.41, 5.74) is 0.667. The molecule has 0 aromatic heterocycles. The standard InChI is InChI=1S/C12H17BrClNO3S/c1-4-19(16,17)7-8(2)15-11-6-9(14)5-10(13)12(11)18-3/h5-6,8,15H,4,7H2,1-3H3. The number of halogens is 2. The molecule has 0 fully saturated rings. The molecule has 7 heteroatoms. The summed E-state index contributed by atoms with van der Waals surface area (Å²) in [6.45, 7) is 3.44. The number of hydrogen-bond acceptors (Lipinski definition) is 4. The topological polar surface area (TPSA) is 55.4 Å². The Morgan fingerprint density at radius 3 is 2.63 bits per heavy atom. The van der Waals surface area contributed by atoms with Gasteiger partial charge in [-0.3, -0.25) is 0 Å². The molecule has 19 heavy (non-hydrogen) atoms. The lowest BCUT2D eigenvalue weighted by Gasteiger charge is -2.18. The number of anilines is 1. The third kappa shape index (κ3) is 4.85. The van der Waals surface area contributed by atoms with E-state index >= 15 is 0 Å². The molecule has 1 aromatic carbocycles. The number of sulfone groups is 1. The van der Waals surface area contributed by atoms with Crippen LogP contribution in [-0.2, 0) is 9.84 Å². The van der Waals surface area contributed by atoms with Crippen LogP contribution in [0, 0.1) is 0 Å². The van der Waals surface area contributed by atoms with Gasteiger partial charge in [0.1, 0.15) is 0 Å². The van der Waals surface area contributed by atoms with Gasteiger partial charge in [0.2, 0.25) is 0 Å². The summed E-state index contributed by atoms with van der Waals surface area (Å²) in [7, 11) is -1.48. The zero-order chi connectivity index (χ0) is 14.6. The Balaban J connectivity index is 2.93. The number of rotatable bonds is 6. The fraction of sp³-hybridized carbons (Fsp3) is 0.500. The van der Waals surface area contributed by atoms with Crippen LogP contribution in [0.5, 0.6) is 5.75 Å². The zero-order valence-corrected chi connectivity index (χ0v) is 14.2. The largest absolute Gasteiger partial charge is 0.493 e. The van der Waals surface area contributed by atoms with Crippen LogP contribution in [0.25, 0.3) is 0 Å². The minimum Gasteiger partial charge on any atom is -0.493 e. The molecule has 0 saturated heterocycles. The van der Waals surface area contributed by atoms with E-state index in [2.05, 4.69) is 21.2 Å². The maximum Gasteiger partial charge on any atom is 0.156 e. The van der Waals surface area contributed by atoms with Crippen molar-refractivity contribution in [1.29, 1.82) is 0 Å². The second-order valence-corrected chi connectivity index (χ2v) is 7.90. The van der Waals surface area contributed by atoms with Crippen molar-refractivity contribution in [2.24, 2.45) is 0 Å². The molecule has 108 valence electrons. The number of ether oxygens (including phenoxy) is 1. The SMILES string of the molecule is CCS(=O)(=O)CC(C)Nc1cc(Cl)cc(Br)c1OC. The summed E-state index contributed by atoms with van der Waals surface area (Å²) >= 11 is 9.33. The lowest BCUT2D eigenvalue weighted by molar-refractivity contribution is 0.413. The smallest absolute Gasteiger partial charge is 0.156 e. The summed E-state index contributed by atoms with van der Waals surface area (Å²) in [6, 6.07) is 3.20. The van der Waals surface area contributed by atoms with Gasteiger partial charge in [-0.15, -0.1) is 0 Å². The fourth-order valence-corrected chi connectivity index (χ4v) is 3.73. The van der Waals surface area contributed by atoms with Gasteiger partial charge in [0.15, 0.2) is 15.6 Å². The van der Waals surface area contributed by atoms with Gasteiger partial charge < -0.3 is 10.1 Å². The average Bonchev–Trinajstić information content (AvgIpc) is 2.27. The third-order valence-corrected chi connectivity index (χ3v) is 5.25. The Hall–Kier alpha value is -0.460. The molecule has 1 aromatic rings. The Labute approximate surface area is 127 Å². The highest BCUT2D eigenvalue weighted by molar-refractivity contribution is 9.10. The molecule has 1 N–H and O–H groups in total. The van der Waals surface area contributed by atoms with E-state index in [-0.39, 0.29) is 17.5 Å². The summed E-state index contributed by atoms with van der Waals surface area (Å²) in [4.78, 5) is 0. The maximum atomic E-state index is 11.6. The van der Waals surface area contributed by atoms with Crippen molar-refractivity contribution in [3.8, 4) is 5.75 Å². The molecule has 1 atom stereocenters. The predicted molar refractivity (Wildman–Crippen MR) is 83.1 cm³/mol. The van der Waals surface area contributed by atoms with Crippen LogP contribution in [0.1, 0.15) is 13.8 Å². The lowest BCUT2D eigenvalue weighted by Crippen LogP contribution is -2.26. The highest BCUT2D eigenvalue weighted by atomic mass is 79.9.